The summed E-state index contributed by atoms with van der Waals surface area (Å²) in [6.45, 7) is 0.189. The van der Waals surface area contributed by atoms with Crippen LogP contribution in [0.25, 0.3) is 21.3 Å². The predicted octanol–water partition coefficient (Wildman–Crippen LogP) is 5.15. The van der Waals surface area contributed by atoms with Crippen LogP contribution in [-0.2, 0) is 0 Å². The van der Waals surface area contributed by atoms with Gasteiger partial charge in [0.15, 0.2) is 11.5 Å². The number of fused-ring (bicyclic) bond motifs is 2. The maximum absolute atomic E-state index is 13.1. The van der Waals surface area contributed by atoms with Crippen LogP contribution in [0.5, 0.6) is 11.5 Å². The number of ether oxygens (including phenoxy) is 2. The lowest BCUT2D eigenvalue weighted by molar-refractivity contribution is 0.174. The van der Waals surface area contributed by atoms with E-state index in [1.54, 1.807) is 24.4 Å². The van der Waals surface area contributed by atoms with Crippen molar-refractivity contribution in [3.05, 3.63) is 73.5 Å². The van der Waals surface area contributed by atoms with E-state index in [9.17, 15) is 4.79 Å². The van der Waals surface area contributed by atoms with Crippen LogP contribution in [0.4, 0.5) is 0 Å². The van der Waals surface area contributed by atoms with Crippen molar-refractivity contribution in [1.29, 1.82) is 0 Å². The molecule has 0 saturated carbocycles. The number of benzene rings is 2. The van der Waals surface area contributed by atoms with Gasteiger partial charge in [-0.2, -0.15) is 9.78 Å². The molecule has 9 heteroatoms. The maximum Gasteiger partial charge on any atom is 0.283 e. The number of hydrogen-bond acceptors (Lipinski definition) is 6. The Kier molecular flexibility index (Phi) is 4.61. The molecule has 5 rings (SSSR count). The van der Waals surface area contributed by atoms with Crippen molar-refractivity contribution in [1.82, 2.24) is 9.66 Å². The molecule has 0 fully saturated rings. The van der Waals surface area contributed by atoms with Crippen LogP contribution in [0, 0.1) is 0 Å². The average molecular weight is 489 g/mol. The van der Waals surface area contributed by atoms with Crippen molar-refractivity contribution in [3.8, 4) is 22.6 Å². The van der Waals surface area contributed by atoms with Crippen molar-refractivity contribution in [2.75, 3.05) is 6.79 Å². The van der Waals surface area contributed by atoms with Crippen LogP contribution in [0.15, 0.2) is 62.5 Å². The molecule has 0 bridgehead atoms. The lowest BCUT2D eigenvalue weighted by Gasteiger charge is -2.03. The number of rotatable bonds is 3. The summed E-state index contributed by atoms with van der Waals surface area (Å²) in [5.74, 6) is 1.30. The van der Waals surface area contributed by atoms with Crippen molar-refractivity contribution in [2.45, 2.75) is 0 Å². The molecule has 1 aliphatic rings. The Bertz CT molecular complexity index is 1330. The van der Waals surface area contributed by atoms with E-state index in [1.807, 2.05) is 23.6 Å². The molecule has 0 amide bonds. The largest absolute Gasteiger partial charge is 0.454 e. The van der Waals surface area contributed by atoms with Gasteiger partial charge in [0.25, 0.3) is 5.56 Å². The average Bonchev–Trinajstić information content (AvgIpc) is 3.35. The van der Waals surface area contributed by atoms with Gasteiger partial charge in [0.05, 0.1) is 11.6 Å². The summed E-state index contributed by atoms with van der Waals surface area (Å²) in [5, 5.41) is 7.41. The van der Waals surface area contributed by atoms with Crippen LogP contribution in [0.3, 0.4) is 0 Å². The minimum atomic E-state index is -0.241. The van der Waals surface area contributed by atoms with E-state index in [1.165, 1.54) is 22.3 Å². The first-order valence-electron chi connectivity index (χ1n) is 8.48. The van der Waals surface area contributed by atoms with Gasteiger partial charge in [-0.3, -0.25) is 4.79 Å². The van der Waals surface area contributed by atoms with E-state index in [2.05, 4.69) is 26.0 Å². The van der Waals surface area contributed by atoms with Crippen LogP contribution in [0.2, 0.25) is 5.02 Å². The first-order chi connectivity index (χ1) is 14.1. The van der Waals surface area contributed by atoms with Crippen LogP contribution in [-0.4, -0.2) is 22.7 Å². The Labute approximate surface area is 182 Å². The molecule has 0 atom stereocenters. The van der Waals surface area contributed by atoms with E-state index in [0.29, 0.717) is 26.7 Å². The SMILES string of the molecule is O=c1c2c(-c3ccc(Cl)cc3)csc2ncn1/N=C\c1cc2c(cc1Br)OCO2. The summed E-state index contributed by atoms with van der Waals surface area (Å²) in [6, 6.07) is 11.0. The first kappa shape index (κ1) is 18.4. The highest BCUT2D eigenvalue weighted by atomic mass is 79.9. The Hall–Kier alpha value is -2.68. The standard InChI is InChI=1S/C20H11BrClN3O3S/c21-15-6-17-16(27-10-28-17)5-12(15)7-24-25-9-23-19-18(20(25)26)14(8-29-19)11-1-3-13(22)4-2-11/h1-9H,10H2/b24-7-. The second kappa shape index (κ2) is 7.29. The van der Waals surface area contributed by atoms with Crippen LogP contribution >= 0.6 is 38.9 Å². The molecule has 29 heavy (non-hydrogen) atoms. The fourth-order valence-electron chi connectivity index (χ4n) is 3.00. The van der Waals surface area contributed by atoms with E-state index in [0.717, 1.165) is 21.2 Å². The molecule has 2 aromatic heterocycles. The highest BCUT2D eigenvalue weighted by Gasteiger charge is 2.16. The Morgan fingerprint density at radius 1 is 1.21 bits per heavy atom. The number of thiophene rings is 1. The highest BCUT2D eigenvalue weighted by Crippen LogP contribution is 2.36. The second-order valence-electron chi connectivity index (χ2n) is 6.20. The normalized spacial score (nSPS) is 12.9. The van der Waals surface area contributed by atoms with Gasteiger partial charge >= 0.3 is 0 Å². The van der Waals surface area contributed by atoms with Gasteiger partial charge in [-0.05, 0) is 45.8 Å². The summed E-state index contributed by atoms with van der Waals surface area (Å²) in [5.41, 5.74) is 2.23. The zero-order valence-electron chi connectivity index (χ0n) is 14.6. The van der Waals surface area contributed by atoms with Gasteiger partial charge in [-0.15, -0.1) is 11.3 Å². The molecule has 0 saturated heterocycles. The smallest absolute Gasteiger partial charge is 0.283 e. The molecule has 0 N–H and O–H groups in total. The molecule has 144 valence electrons. The molecule has 4 aromatic rings. The fourth-order valence-corrected chi connectivity index (χ4v) is 4.46. The molecular weight excluding hydrogens is 478 g/mol. The molecule has 2 aromatic carbocycles. The summed E-state index contributed by atoms with van der Waals surface area (Å²) in [6.07, 6.45) is 3.00. The molecule has 0 aliphatic carbocycles. The second-order valence-corrected chi connectivity index (χ2v) is 8.35. The number of aromatic nitrogens is 2. The topological polar surface area (TPSA) is 65.7 Å². The van der Waals surface area contributed by atoms with Crippen molar-refractivity contribution in [3.63, 3.8) is 0 Å². The molecular formula is C20H11BrClN3O3S. The molecule has 0 unspecified atom stereocenters. The van der Waals surface area contributed by atoms with Gasteiger partial charge in [0.1, 0.15) is 11.2 Å². The predicted molar refractivity (Wildman–Crippen MR) is 118 cm³/mol. The summed E-state index contributed by atoms with van der Waals surface area (Å²) >= 11 is 10.9. The van der Waals surface area contributed by atoms with Gasteiger partial charge in [-0.25, -0.2) is 4.98 Å². The number of hydrogen-bond donors (Lipinski definition) is 0. The molecule has 6 nitrogen and oxygen atoms in total. The van der Waals surface area contributed by atoms with Crippen molar-refractivity contribution >= 4 is 55.3 Å². The van der Waals surface area contributed by atoms with Gasteiger partial charge in [-0.1, -0.05) is 23.7 Å². The quantitative estimate of drug-likeness (QED) is 0.374. The zero-order valence-corrected chi connectivity index (χ0v) is 17.8. The third-order valence-electron chi connectivity index (χ3n) is 4.45. The summed E-state index contributed by atoms with van der Waals surface area (Å²) in [4.78, 5) is 18.1. The van der Waals surface area contributed by atoms with E-state index in [-0.39, 0.29) is 12.4 Å². The molecule has 0 spiro atoms. The van der Waals surface area contributed by atoms with Crippen LogP contribution < -0.4 is 15.0 Å². The Morgan fingerprint density at radius 3 is 2.76 bits per heavy atom. The zero-order chi connectivity index (χ0) is 20.0. The van der Waals surface area contributed by atoms with Crippen molar-refractivity contribution in [2.24, 2.45) is 5.10 Å². The van der Waals surface area contributed by atoms with E-state index < -0.39 is 0 Å². The van der Waals surface area contributed by atoms with Gasteiger partial charge < -0.3 is 9.47 Å². The lowest BCUT2D eigenvalue weighted by atomic mass is 10.1. The molecule has 1 aliphatic heterocycles. The maximum atomic E-state index is 13.1. The third-order valence-corrected chi connectivity index (χ3v) is 6.27. The van der Waals surface area contributed by atoms with Crippen LogP contribution in [0.1, 0.15) is 5.56 Å². The monoisotopic (exact) mass is 487 g/mol. The molecule has 0 radical (unpaired) electrons. The van der Waals surface area contributed by atoms with Crippen molar-refractivity contribution < 1.29 is 9.47 Å². The minimum Gasteiger partial charge on any atom is -0.454 e. The number of nitrogens with zero attached hydrogens (tertiary/aromatic N) is 3. The highest BCUT2D eigenvalue weighted by molar-refractivity contribution is 9.10. The molecule has 3 heterocycles. The number of halogens is 2. The Morgan fingerprint density at radius 2 is 1.97 bits per heavy atom. The first-order valence-corrected chi connectivity index (χ1v) is 10.5. The summed E-state index contributed by atoms with van der Waals surface area (Å²) in [7, 11) is 0. The fraction of sp³-hybridized carbons (Fsp3) is 0.0500. The Balaban J connectivity index is 1.57. The summed E-state index contributed by atoms with van der Waals surface area (Å²) < 4.78 is 12.8. The van der Waals surface area contributed by atoms with Gasteiger partial charge in [0, 0.05) is 26.0 Å². The minimum absolute atomic E-state index is 0.189. The van der Waals surface area contributed by atoms with E-state index >= 15 is 0 Å². The lowest BCUT2D eigenvalue weighted by Crippen LogP contribution is -2.16. The van der Waals surface area contributed by atoms with Gasteiger partial charge in [0.2, 0.25) is 6.79 Å². The van der Waals surface area contributed by atoms with E-state index in [4.69, 9.17) is 21.1 Å². The third kappa shape index (κ3) is 3.33.